The van der Waals surface area contributed by atoms with Crippen LogP contribution < -0.4 is 0 Å². The van der Waals surface area contributed by atoms with E-state index in [1.54, 1.807) is 0 Å². The minimum Gasteiger partial charge on any atom is -0.347 e. The van der Waals surface area contributed by atoms with E-state index in [9.17, 15) is 8.78 Å². The van der Waals surface area contributed by atoms with E-state index in [1.807, 2.05) is 0 Å². The van der Waals surface area contributed by atoms with Crippen LogP contribution in [0.15, 0.2) is 0 Å². The van der Waals surface area contributed by atoms with E-state index in [-0.39, 0.29) is 0 Å². The fourth-order valence-electron chi connectivity index (χ4n) is 0.303. The van der Waals surface area contributed by atoms with Crippen LogP contribution in [0.1, 0.15) is 6.92 Å². The molecule has 0 saturated heterocycles. The highest BCUT2D eigenvalue weighted by atomic mass is 19.2. The Bertz CT molecular complexity index is 85.0. The summed E-state index contributed by atoms with van der Waals surface area (Å²) in [5.74, 6) is -2.34. The Morgan fingerprint density at radius 2 is 1.89 bits per heavy atom. The average molecular weight is 140 g/mol. The molecule has 0 amide bonds. The van der Waals surface area contributed by atoms with Crippen molar-refractivity contribution in [1.82, 2.24) is 0 Å². The van der Waals surface area contributed by atoms with Crippen molar-refractivity contribution < 1.29 is 18.3 Å². The van der Waals surface area contributed by atoms with E-state index in [4.69, 9.17) is 0 Å². The van der Waals surface area contributed by atoms with Gasteiger partial charge in [0.05, 0.1) is 0 Å². The van der Waals surface area contributed by atoms with Gasteiger partial charge in [-0.05, 0) is 0 Å². The summed E-state index contributed by atoms with van der Waals surface area (Å²) in [4.78, 5) is 0. The molecule has 0 fully saturated rings. The summed E-state index contributed by atoms with van der Waals surface area (Å²) in [6, 6.07) is 0. The van der Waals surface area contributed by atoms with Gasteiger partial charge in [-0.3, -0.25) is 0 Å². The van der Waals surface area contributed by atoms with Gasteiger partial charge < -0.3 is 9.47 Å². The normalized spacial score (nSPS) is 21.0. The maximum atomic E-state index is 12.5. The minimum atomic E-state index is -2.34. The van der Waals surface area contributed by atoms with Crippen molar-refractivity contribution in [2.24, 2.45) is 0 Å². The standard InChI is InChI=1S/C5H10F2O2/c1-5(7,9-3)4(6)8-2/h4H,1-3H3. The Hall–Kier alpha value is -0.220. The minimum absolute atomic E-state index is 0.959. The van der Waals surface area contributed by atoms with Gasteiger partial charge in [0.1, 0.15) is 0 Å². The third kappa shape index (κ3) is 2.24. The zero-order valence-electron chi connectivity index (χ0n) is 5.65. The largest absolute Gasteiger partial charge is 0.347 e. The van der Waals surface area contributed by atoms with Gasteiger partial charge in [0, 0.05) is 21.1 Å². The number of halogens is 2. The second kappa shape index (κ2) is 3.08. The van der Waals surface area contributed by atoms with Crippen LogP contribution in [0.2, 0.25) is 0 Å². The molecule has 0 N–H and O–H groups in total. The molecule has 0 aromatic heterocycles. The lowest BCUT2D eigenvalue weighted by molar-refractivity contribution is -0.231. The zero-order valence-corrected chi connectivity index (χ0v) is 5.65. The van der Waals surface area contributed by atoms with E-state index in [2.05, 4.69) is 9.47 Å². The van der Waals surface area contributed by atoms with E-state index in [1.165, 1.54) is 0 Å². The smallest absolute Gasteiger partial charge is 0.262 e. The summed E-state index contributed by atoms with van der Waals surface area (Å²) in [5, 5.41) is 0. The molecular formula is C5H10F2O2. The van der Waals surface area contributed by atoms with Crippen LogP contribution in [0, 0.1) is 0 Å². The molecule has 4 heteroatoms. The number of hydrogen-bond acceptors (Lipinski definition) is 2. The maximum Gasteiger partial charge on any atom is 0.262 e. The molecule has 0 aliphatic carbocycles. The number of methoxy groups -OCH3 is 2. The van der Waals surface area contributed by atoms with E-state index < -0.39 is 12.2 Å². The Balaban J connectivity index is 3.80. The SMILES string of the molecule is COC(F)C(C)(F)OC. The topological polar surface area (TPSA) is 18.5 Å². The van der Waals surface area contributed by atoms with Crippen LogP contribution in [0.4, 0.5) is 8.78 Å². The lowest BCUT2D eigenvalue weighted by Gasteiger charge is -2.20. The highest BCUT2D eigenvalue weighted by Gasteiger charge is 2.34. The van der Waals surface area contributed by atoms with E-state index in [0.717, 1.165) is 21.1 Å². The summed E-state index contributed by atoms with van der Waals surface area (Å²) in [7, 11) is 2.15. The first-order valence-corrected chi connectivity index (χ1v) is 2.45. The lowest BCUT2D eigenvalue weighted by atomic mass is 10.4. The van der Waals surface area contributed by atoms with Crippen molar-refractivity contribution in [2.75, 3.05) is 14.2 Å². The van der Waals surface area contributed by atoms with Gasteiger partial charge in [-0.25, -0.2) is 8.78 Å². The molecule has 0 aliphatic rings. The van der Waals surface area contributed by atoms with Gasteiger partial charge in [0.2, 0.25) is 0 Å². The van der Waals surface area contributed by atoms with Crippen LogP contribution >= 0.6 is 0 Å². The summed E-state index contributed by atoms with van der Waals surface area (Å²) in [6.45, 7) is 0.959. The number of ether oxygens (including phenoxy) is 2. The lowest BCUT2D eigenvalue weighted by Crippen LogP contribution is -2.34. The highest BCUT2D eigenvalue weighted by molar-refractivity contribution is 4.62. The fourth-order valence-corrected chi connectivity index (χ4v) is 0.303. The Labute approximate surface area is 52.8 Å². The van der Waals surface area contributed by atoms with Gasteiger partial charge >= 0.3 is 0 Å². The van der Waals surface area contributed by atoms with Crippen molar-refractivity contribution in [2.45, 2.75) is 19.1 Å². The van der Waals surface area contributed by atoms with Gasteiger partial charge in [0.15, 0.2) is 0 Å². The molecule has 2 atom stereocenters. The second-order valence-corrected chi connectivity index (χ2v) is 1.74. The van der Waals surface area contributed by atoms with Gasteiger partial charge in [-0.1, -0.05) is 0 Å². The highest BCUT2D eigenvalue weighted by Crippen LogP contribution is 2.19. The predicted octanol–water partition coefficient (Wildman–Crippen LogP) is 1.26. The molecule has 56 valence electrons. The van der Waals surface area contributed by atoms with Crippen molar-refractivity contribution in [3.8, 4) is 0 Å². The quantitative estimate of drug-likeness (QED) is 0.587. The predicted molar refractivity (Wildman–Crippen MR) is 28.4 cm³/mol. The zero-order chi connectivity index (χ0) is 7.49. The third-order valence-corrected chi connectivity index (χ3v) is 1.01. The Morgan fingerprint density at radius 3 is 2.00 bits per heavy atom. The first kappa shape index (κ1) is 8.78. The van der Waals surface area contributed by atoms with Crippen molar-refractivity contribution in [3.63, 3.8) is 0 Å². The van der Waals surface area contributed by atoms with Crippen molar-refractivity contribution in [1.29, 1.82) is 0 Å². The fraction of sp³-hybridized carbons (Fsp3) is 1.00. The molecule has 0 spiro atoms. The van der Waals surface area contributed by atoms with E-state index >= 15 is 0 Å². The Morgan fingerprint density at radius 1 is 1.44 bits per heavy atom. The second-order valence-electron chi connectivity index (χ2n) is 1.74. The van der Waals surface area contributed by atoms with Gasteiger partial charge in [-0.2, -0.15) is 0 Å². The molecule has 0 bridgehead atoms. The van der Waals surface area contributed by atoms with E-state index in [0.29, 0.717) is 0 Å². The summed E-state index contributed by atoms with van der Waals surface area (Å²) in [6.07, 6.45) is -2.03. The van der Waals surface area contributed by atoms with Crippen LogP contribution in [0.25, 0.3) is 0 Å². The molecule has 0 saturated carbocycles. The molecule has 0 aliphatic heterocycles. The molecule has 2 unspecified atom stereocenters. The molecule has 0 rings (SSSR count). The number of alkyl halides is 2. The molecule has 2 nitrogen and oxygen atoms in total. The van der Waals surface area contributed by atoms with Crippen LogP contribution in [-0.2, 0) is 9.47 Å². The first-order chi connectivity index (χ1) is 4.04. The maximum absolute atomic E-state index is 12.5. The molecule has 0 radical (unpaired) electrons. The monoisotopic (exact) mass is 140 g/mol. The van der Waals surface area contributed by atoms with Crippen molar-refractivity contribution >= 4 is 0 Å². The number of rotatable bonds is 3. The van der Waals surface area contributed by atoms with Gasteiger partial charge in [0.25, 0.3) is 12.2 Å². The Kier molecular flexibility index (Phi) is 3.00. The van der Waals surface area contributed by atoms with Crippen LogP contribution in [-0.4, -0.2) is 26.4 Å². The summed E-state index contributed by atoms with van der Waals surface area (Å²) in [5.41, 5.74) is 0. The van der Waals surface area contributed by atoms with Gasteiger partial charge in [-0.15, -0.1) is 0 Å². The van der Waals surface area contributed by atoms with Crippen molar-refractivity contribution in [3.05, 3.63) is 0 Å². The van der Waals surface area contributed by atoms with Crippen LogP contribution in [0.5, 0.6) is 0 Å². The molecular weight excluding hydrogens is 130 g/mol. The average Bonchev–Trinajstić information content (AvgIpc) is 1.86. The molecule has 0 aromatic carbocycles. The summed E-state index contributed by atoms with van der Waals surface area (Å²) < 4.78 is 32.8. The summed E-state index contributed by atoms with van der Waals surface area (Å²) >= 11 is 0. The first-order valence-electron chi connectivity index (χ1n) is 2.45. The van der Waals surface area contributed by atoms with Crippen LogP contribution in [0.3, 0.4) is 0 Å². The molecule has 9 heavy (non-hydrogen) atoms. The molecule has 0 aromatic rings. The number of hydrogen-bond donors (Lipinski definition) is 0. The third-order valence-electron chi connectivity index (χ3n) is 1.01. The molecule has 0 heterocycles.